The summed E-state index contributed by atoms with van der Waals surface area (Å²) in [6.45, 7) is 16.8. The first-order valence-corrected chi connectivity index (χ1v) is 10.2. The summed E-state index contributed by atoms with van der Waals surface area (Å²) in [6.07, 6.45) is 5.46. The molecule has 0 aromatic heterocycles. The van der Waals surface area contributed by atoms with Crippen LogP contribution in [0.1, 0.15) is 63.6 Å². The quantitative estimate of drug-likeness (QED) is 0.319. The molecule has 4 nitrogen and oxygen atoms in total. The fourth-order valence-electron chi connectivity index (χ4n) is 3.14. The SMILES string of the molecule is C=CC(C)C(CC(=N/C=C(/C)CNCC)OCC)c1ccc(C#N)cc1CC. The van der Waals surface area contributed by atoms with Crippen molar-refractivity contribution in [2.24, 2.45) is 10.9 Å². The van der Waals surface area contributed by atoms with E-state index in [2.05, 4.69) is 56.7 Å². The average Bonchev–Trinajstić information content (AvgIpc) is 2.73. The molecule has 1 rings (SSSR count). The smallest absolute Gasteiger partial charge is 0.188 e. The van der Waals surface area contributed by atoms with Crippen LogP contribution in [0.5, 0.6) is 0 Å². The van der Waals surface area contributed by atoms with Gasteiger partial charge in [-0.15, -0.1) is 6.58 Å². The van der Waals surface area contributed by atoms with Gasteiger partial charge in [-0.3, -0.25) is 0 Å². The number of nitrogens with one attached hydrogen (secondary N) is 1. The number of rotatable bonds is 11. The second kappa shape index (κ2) is 12.9. The van der Waals surface area contributed by atoms with Crippen molar-refractivity contribution in [1.82, 2.24) is 5.32 Å². The highest BCUT2D eigenvalue weighted by Crippen LogP contribution is 2.33. The molecule has 1 aromatic rings. The molecule has 0 fully saturated rings. The molecule has 0 saturated heterocycles. The van der Waals surface area contributed by atoms with Crippen molar-refractivity contribution >= 4 is 5.90 Å². The van der Waals surface area contributed by atoms with Gasteiger partial charge in [-0.25, -0.2) is 4.99 Å². The number of likely N-dealkylation sites (N-methyl/N-ethyl adjacent to an activating group) is 1. The molecule has 0 radical (unpaired) electrons. The topological polar surface area (TPSA) is 57.4 Å². The van der Waals surface area contributed by atoms with Crippen LogP contribution in [0.4, 0.5) is 0 Å². The summed E-state index contributed by atoms with van der Waals surface area (Å²) >= 11 is 0. The number of aliphatic imine (C=N–C) groups is 1. The summed E-state index contributed by atoms with van der Waals surface area (Å²) in [5, 5.41) is 12.5. The Balaban J connectivity index is 3.22. The number of benzene rings is 1. The number of allylic oxidation sites excluding steroid dienone is 1. The first-order valence-electron chi connectivity index (χ1n) is 10.2. The maximum absolute atomic E-state index is 9.22. The van der Waals surface area contributed by atoms with Crippen molar-refractivity contribution in [3.05, 3.63) is 59.3 Å². The lowest BCUT2D eigenvalue weighted by Gasteiger charge is -2.25. The summed E-state index contributed by atoms with van der Waals surface area (Å²) < 4.78 is 5.86. The van der Waals surface area contributed by atoms with E-state index in [9.17, 15) is 5.26 Å². The molecule has 0 aliphatic heterocycles. The van der Waals surface area contributed by atoms with Crippen LogP contribution < -0.4 is 5.32 Å². The van der Waals surface area contributed by atoms with Crippen molar-refractivity contribution < 1.29 is 4.74 Å². The average molecular weight is 382 g/mol. The third kappa shape index (κ3) is 7.32. The normalized spacial score (nSPS) is 14.3. The zero-order valence-corrected chi connectivity index (χ0v) is 18.1. The van der Waals surface area contributed by atoms with Gasteiger partial charge in [-0.1, -0.05) is 32.9 Å². The standard InChI is InChI=1S/C24H35N3O/c1-7-19(6)23(22-12-11-20(15-25)13-21(22)8-2)14-24(28-10-4)27-17-18(5)16-26-9-3/h7,11-13,17,19,23,26H,1,8-10,14,16H2,2-6H3/b18-17-,27-24?. The molecular formula is C24H35N3O. The molecule has 0 saturated carbocycles. The van der Waals surface area contributed by atoms with Crippen molar-refractivity contribution in [3.8, 4) is 6.07 Å². The number of nitrogens with zero attached hydrogens (tertiary/aromatic N) is 2. The van der Waals surface area contributed by atoms with Gasteiger partial charge in [0, 0.05) is 19.2 Å². The van der Waals surface area contributed by atoms with Crippen LogP contribution in [0.25, 0.3) is 0 Å². The molecule has 2 unspecified atom stereocenters. The Bertz CT molecular complexity index is 728. The summed E-state index contributed by atoms with van der Waals surface area (Å²) in [6, 6.07) is 8.21. The Labute approximate surface area is 171 Å². The number of ether oxygens (including phenoxy) is 1. The highest BCUT2D eigenvalue weighted by Gasteiger charge is 2.22. The fourth-order valence-corrected chi connectivity index (χ4v) is 3.14. The molecule has 28 heavy (non-hydrogen) atoms. The van der Waals surface area contributed by atoms with E-state index in [0.717, 1.165) is 25.4 Å². The zero-order valence-electron chi connectivity index (χ0n) is 18.1. The molecule has 0 aliphatic rings. The van der Waals surface area contributed by atoms with Crippen molar-refractivity contribution in [3.63, 3.8) is 0 Å². The highest BCUT2D eigenvalue weighted by atomic mass is 16.5. The molecule has 0 spiro atoms. The first-order chi connectivity index (χ1) is 13.5. The van der Waals surface area contributed by atoms with Crippen molar-refractivity contribution in [1.29, 1.82) is 5.26 Å². The minimum absolute atomic E-state index is 0.202. The minimum Gasteiger partial charge on any atom is -0.481 e. The van der Waals surface area contributed by atoms with Crippen LogP contribution >= 0.6 is 0 Å². The third-order valence-corrected chi connectivity index (χ3v) is 4.85. The van der Waals surface area contributed by atoms with Gasteiger partial charge < -0.3 is 10.1 Å². The molecule has 0 amide bonds. The van der Waals surface area contributed by atoms with Crippen LogP contribution in [0.2, 0.25) is 0 Å². The Morgan fingerprint density at radius 2 is 2.11 bits per heavy atom. The largest absolute Gasteiger partial charge is 0.481 e. The second-order valence-corrected chi connectivity index (χ2v) is 7.00. The predicted molar refractivity (Wildman–Crippen MR) is 119 cm³/mol. The summed E-state index contributed by atoms with van der Waals surface area (Å²) in [4.78, 5) is 4.64. The van der Waals surface area contributed by atoms with E-state index in [1.807, 2.05) is 31.3 Å². The number of hydrogen-bond acceptors (Lipinski definition) is 4. The highest BCUT2D eigenvalue weighted by molar-refractivity contribution is 5.78. The molecule has 0 bridgehead atoms. The van der Waals surface area contributed by atoms with E-state index in [1.54, 1.807) is 0 Å². The molecule has 152 valence electrons. The van der Waals surface area contributed by atoms with E-state index in [4.69, 9.17) is 4.74 Å². The van der Waals surface area contributed by atoms with E-state index in [0.29, 0.717) is 18.6 Å². The number of aryl methyl sites for hydroxylation is 1. The lowest BCUT2D eigenvalue weighted by Crippen LogP contribution is -2.17. The molecule has 4 heteroatoms. The summed E-state index contributed by atoms with van der Waals surface area (Å²) in [5.41, 5.74) is 4.31. The Morgan fingerprint density at radius 1 is 1.36 bits per heavy atom. The predicted octanol–water partition coefficient (Wildman–Crippen LogP) is 5.36. The zero-order chi connectivity index (χ0) is 20.9. The van der Waals surface area contributed by atoms with Gasteiger partial charge in [0.05, 0.1) is 18.2 Å². The molecule has 0 aliphatic carbocycles. The Hall–Kier alpha value is -2.38. The van der Waals surface area contributed by atoms with Crippen LogP contribution in [0, 0.1) is 17.2 Å². The van der Waals surface area contributed by atoms with Gasteiger partial charge in [0.1, 0.15) is 0 Å². The lowest BCUT2D eigenvalue weighted by atomic mass is 9.81. The van der Waals surface area contributed by atoms with Crippen molar-refractivity contribution in [2.75, 3.05) is 19.7 Å². The summed E-state index contributed by atoms with van der Waals surface area (Å²) in [5.74, 6) is 1.20. The van der Waals surface area contributed by atoms with Gasteiger partial charge >= 0.3 is 0 Å². The van der Waals surface area contributed by atoms with E-state index in [1.165, 1.54) is 16.7 Å². The molecule has 1 N–H and O–H groups in total. The van der Waals surface area contributed by atoms with Gasteiger partial charge in [-0.05, 0) is 67.5 Å². The third-order valence-electron chi connectivity index (χ3n) is 4.85. The van der Waals surface area contributed by atoms with Crippen LogP contribution in [0.3, 0.4) is 0 Å². The summed E-state index contributed by atoms with van der Waals surface area (Å²) in [7, 11) is 0. The number of hydrogen-bond donors (Lipinski definition) is 1. The fraction of sp³-hybridized carbons (Fsp3) is 0.500. The molecule has 2 atom stereocenters. The second-order valence-electron chi connectivity index (χ2n) is 7.00. The van der Waals surface area contributed by atoms with E-state index >= 15 is 0 Å². The van der Waals surface area contributed by atoms with Gasteiger partial charge in [-0.2, -0.15) is 5.26 Å². The maximum atomic E-state index is 9.22. The van der Waals surface area contributed by atoms with E-state index in [-0.39, 0.29) is 11.8 Å². The van der Waals surface area contributed by atoms with Gasteiger partial charge in [0.2, 0.25) is 0 Å². The van der Waals surface area contributed by atoms with E-state index < -0.39 is 0 Å². The minimum atomic E-state index is 0.202. The monoisotopic (exact) mass is 381 g/mol. The molecular weight excluding hydrogens is 346 g/mol. The molecule has 0 heterocycles. The van der Waals surface area contributed by atoms with Gasteiger partial charge in [0.25, 0.3) is 0 Å². The number of nitriles is 1. The van der Waals surface area contributed by atoms with Crippen molar-refractivity contribution in [2.45, 2.75) is 53.4 Å². The Kier molecular flexibility index (Phi) is 10.9. The lowest BCUT2D eigenvalue weighted by molar-refractivity contribution is 0.310. The van der Waals surface area contributed by atoms with Crippen LogP contribution in [0.15, 0.2) is 47.6 Å². The van der Waals surface area contributed by atoms with Crippen LogP contribution in [-0.2, 0) is 11.2 Å². The van der Waals surface area contributed by atoms with Crippen LogP contribution in [-0.4, -0.2) is 25.6 Å². The maximum Gasteiger partial charge on any atom is 0.188 e. The Morgan fingerprint density at radius 3 is 2.68 bits per heavy atom. The first kappa shape index (κ1) is 23.7. The van der Waals surface area contributed by atoms with Gasteiger partial charge in [0.15, 0.2) is 5.90 Å². The molecule has 1 aromatic carbocycles.